The molecule has 1 saturated heterocycles. The number of carbonyl (C=O) groups excluding carboxylic acids is 2. The van der Waals surface area contributed by atoms with Crippen LogP contribution in [0.4, 0.5) is 11.4 Å². The van der Waals surface area contributed by atoms with E-state index in [1.165, 1.54) is 0 Å². The van der Waals surface area contributed by atoms with Crippen molar-refractivity contribution in [1.82, 2.24) is 4.90 Å². The average Bonchev–Trinajstić information content (AvgIpc) is 2.76. The fourth-order valence-corrected chi connectivity index (χ4v) is 3.91. The number of aryl methyl sites for hydroxylation is 1. The molecule has 0 atom stereocenters. The molecular weight excluding hydrogens is 382 g/mol. The van der Waals surface area contributed by atoms with Crippen LogP contribution in [0.2, 0.25) is 0 Å². The molecular formula is C23H27N3O4. The van der Waals surface area contributed by atoms with Gasteiger partial charge >= 0.3 is 0 Å². The molecule has 7 nitrogen and oxygen atoms in total. The zero-order valence-electron chi connectivity index (χ0n) is 17.5. The molecule has 2 amide bonds. The molecule has 2 aromatic rings. The van der Waals surface area contributed by atoms with Crippen LogP contribution in [-0.2, 0) is 9.59 Å². The Hall–Kier alpha value is -3.22. The second-order valence-electron chi connectivity index (χ2n) is 7.51. The first-order chi connectivity index (χ1) is 14.6. The summed E-state index contributed by atoms with van der Waals surface area (Å²) in [7, 11) is 0. The Balaban J connectivity index is 1.41. The number of rotatable bonds is 5. The molecule has 2 aromatic carbocycles. The van der Waals surface area contributed by atoms with E-state index in [9.17, 15) is 9.59 Å². The molecule has 2 heterocycles. The first kappa shape index (κ1) is 20.1. The number of fused-ring (bicyclic) bond motifs is 1. The molecule has 0 unspecified atom stereocenters. The quantitative estimate of drug-likeness (QED) is 0.759. The van der Waals surface area contributed by atoms with Gasteiger partial charge in [-0.3, -0.25) is 14.5 Å². The minimum absolute atomic E-state index is 0.0359. The summed E-state index contributed by atoms with van der Waals surface area (Å²) in [6.45, 7) is 7.21. The van der Waals surface area contributed by atoms with Gasteiger partial charge in [-0.05, 0) is 43.7 Å². The van der Waals surface area contributed by atoms with Gasteiger partial charge in [0.25, 0.3) is 5.91 Å². The van der Waals surface area contributed by atoms with Gasteiger partial charge in [-0.15, -0.1) is 0 Å². The fourth-order valence-electron chi connectivity index (χ4n) is 3.91. The lowest BCUT2D eigenvalue weighted by Crippen LogP contribution is -2.53. The number of benzene rings is 2. The predicted molar refractivity (Wildman–Crippen MR) is 115 cm³/mol. The van der Waals surface area contributed by atoms with Crippen LogP contribution >= 0.6 is 0 Å². The number of piperazine rings is 1. The number of ether oxygens (including phenoxy) is 2. The SMILES string of the molecule is CCOc1ccccc1N1CCN(C(=O)CN2C(=O)COc3ccc(C)cc32)CC1. The maximum Gasteiger partial charge on any atom is 0.265 e. The maximum absolute atomic E-state index is 13.0. The van der Waals surface area contributed by atoms with E-state index in [0.29, 0.717) is 31.1 Å². The van der Waals surface area contributed by atoms with E-state index in [-0.39, 0.29) is 25.0 Å². The average molecular weight is 409 g/mol. The minimum Gasteiger partial charge on any atom is -0.492 e. The summed E-state index contributed by atoms with van der Waals surface area (Å²) in [4.78, 5) is 31.0. The van der Waals surface area contributed by atoms with Gasteiger partial charge in [0.1, 0.15) is 18.0 Å². The van der Waals surface area contributed by atoms with E-state index in [1.807, 2.05) is 61.2 Å². The van der Waals surface area contributed by atoms with Crippen molar-refractivity contribution in [2.24, 2.45) is 0 Å². The van der Waals surface area contributed by atoms with Gasteiger partial charge in [0.15, 0.2) is 6.61 Å². The molecule has 0 radical (unpaired) electrons. The van der Waals surface area contributed by atoms with E-state index in [1.54, 1.807) is 4.90 Å². The van der Waals surface area contributed by atoms with E-state index in [2.05, 4.69) is 4.90 Å². The second kappa shape index (κ2) is 8.65. The van der Waals surface area contributed by atoms with Gasteiger partial charge in [0.2, 0.25) is 5.91 Å². The van der Waals surface area contributed by atoms with Crippen LogP contribution in [0.5, 0.6) is 11.5 Å². The zero-order valence-corrected chi connectivity index (χ0v) is 17.5. The Kier molecular flexibility index (Phi) is 5.79. The Morgan fingerprint density at radius 2 is 1.83 bits per heavy atom. The monoisotopic (exact) mass is 409 g/mol. The van der Waals surface area contributed by atoms with Gasteiger partial charge in [-0.1, -0.05) is 18.2 Å². The van der Waals surface area contributed by atoms with Crippen molar-refractivity contribution in [1.29, 1.82) is 0 Å². The molecule has 0 N–H and O–H groups in total. The van der Waals surface area contributed by atoms with Crippen LogP contribution in [0.15, 0.2) is 42.5 Å². The molecule has 7 heteroatoms. The van der Waals surface area contributed by atoms with Crippen LogP contribution in [0.25, 0.3) is 0 Å². The number of carbonyl (C=O) groups is 2. The van der Waals surface area contributed by atoms with E-state index >= 15 is 0 Å². The first-order valence-corrected chi connectivity index (χ1v) is 10.3. The van der Waals surface area contributed by atoms with Crippen LogP contribution in [0.3, 0.4) is 0 Å². The van der Waals surface area contributed by atoms with Gasteiger partial charge in [0.05, 0.1) is 18.0 Å². The standard InChI is InChI=1S/C23H27N3O4/c1-3-29-20-7-5-4-6-18(20)24-10-12-25(13-11-24)22(27)15-26-19-14-17(2)8-9-21(19)30-16-23(26)28/h4-9,14H,3,10-13,15-16H2,1-2H3. The van der Waals surface area contributed by atoms with Crippen LogP contribution in [0, 0.1) is 6.92 Å². The van der Waals surface area contributed by atoms with Crippen molar-refractivity contribution in [3.8, 4) is 11.5 Å². The molecule has 0 aromatic heterocycles. The summed E-state index contributed by atoms with van der Waals surface area (Å²) in [5.41, 5.74) is 2.74. The third-order valence-electron chi connectivity index (χ3n) is 5.49. The number of anilines is 2. The Bertz CT molecular complexity index is 938. The van der Waals surface area contributed by atoms with Crippen molar-refractivity contribution in [2.75, 3.05) is 55.7 Å². The molecule has 2 aliphatic rings. The number of para-hydroxylation sites is 2. The number of hydrogen-bond acceptors (Lipinski definition) is 5. The third-order valence-corrected chi connectivity index (χ3v) is 5.49. The number of hydrogen-bond donors (Lipinski definition) is 0. The summed E-state index contributed by atoms with van der Waals surface area (Å²) < 4.78 is 11.2. The Morgan fingerprint density at radius 3 is 2.60 bits per heavy atom. The van der Waals surface area contributed by atoms with Gasteiger partial charge in [-0.2, -0.15) is 0 Å². The lowest BCUT2D eigenvalue weighted by molar-refractivity contribution is -0.132. The Morgan fingerprint density at radius 1 is 1.07 bits per heavy atom. The highest BCUT2D eigenvalue weighted by Crippen LogP contribution is 2.33. The predicted octanol–water partition coefficient (Wildman–Crippen LogP) is 2.47. The number of nitrogens with zero attached hydrogens (tertiary/aromatic N) is 3. The summed E-state index contributed by atoms with van der Waals surface area (Å²) in [6.07, 6.45) is 0. The topological polar surface area (TPSA) is 62.3 Å². The van der Waals surface area contributed by atoms with Gasteiger partial charge in [-0.25, -0.2) is 0 Å². The molecule has 4 rings (SSSR count). The summed E-state index contributed by atoms with van der Waals surface area (Å²) >= 11 is 0. The molecule has 0 bridgehead atoms. The lowest BCUT2D eigenvalue weighted by Gasteiger charge is -2.38. The molecule has 0 spiro atoms. The minimum atomic E-state index is -0.189. The van der Waals surface area contributed by atoms with Crippen LogP contribution < -0.4 is 19.3 Å². The van der Waals surface area contributed by atoms with Gasteiger partial charge < -0.3 is 19.3 Å². The highest BCUT2D eigenvalue weighted by Gasteiger charge is 2.30. The second-order valence-corrected chi connectivity index (χ2v) is 7.51. The molecule has 30 heavy (non-hydrogen) atoms. The van der Waals surface area contributed by atoms with Crippen molar-refractivity contribution in [3.05, 3.63) is 48.0 Å². The van der Waals surface area contributed by atoms with Crippen LogP contribution in [0.1, 0.15) is 12.5 Å². The molecule has 1 fully saturated rings. The van der Waals surface area contributed by atoms with Crippen molar-refractivity contribution in [2.45, 2.75) is 13.8 Å². The van der Waals surface area contributed by atoms with Crippen LogP contribution in [-0.4, -0.2) is 62.7 Å². The molecule has 0 aliphatic carbocycles. The van der Waals surface area contributed by atoms with Gasteiger partial charge in [0, 0.05) is 26.2 Å². The third kappa shape index (κ3) is 4.06. The highest BCUT2D eigenvalue weighted by molar-refractivity contribution is 6.02. The summed E-state index contributed by atoms with van der Waals surface area (Å²) in [6, 6.07) is 13.7. The van der Waals surface area contributed by atoms with E-state index in [4.69, 9.17) is 9.47 Å². The Labute approximate surface area is 176 Å². The normalized spacial score (nSPS) is 16.2. The zero-order chi connectivity index (χ0) is 21.1. The molecule has 158 valence electrons. The lowest BCUT2D eigenvalue weighted by atomic mass is 10.1. The maximum atomic E-state index is 13.0. The molecule has 0 saturated carbocycles. The fraction of sp³-hybridized carbons (Fsp3) is 0.391. The van der Waals surface area contributed by atoms with E-state index in [0.717, 1.165) is 30.1 Å². The summed E-state index contributed by atoms with van der Waals surface area (Å²) in [5, 5.41) is 0. The van der Waals surface area contributed by atoms with Crippen molar-refractivity contribution >= 4 is 23.2 Å². The largest absolute Gasteiger partial charge is 0.492 e. The first-order valence-electron chi connectivity index (χ1n) is 10.3. The summed E-state index contributed by atoms with van der Waals surface area (Å²) in [5.74, 6) is 1.28. The van der Waals surface area contributed by atoms with Crippen molar-refractivity contribution < 1.29 is 19.1 Å². The molecule has 2 aliphatic heterocycles. The number of amides is 2. The smallest absolute Gasteiger partial charge is 0.265 e. The van der Waals surface area contributed by atoms with E-state index < -0.39 is 0 Å². The highest BCUT2D eigenvalue weighted by atomic mass is 16.5. The van der Waals surface area contributed by atoms with Crippen molar-refractivity contribution in [3.63, 3.8) is 0 Å².